The topological polar surface area (TPSA) is 76.7 Å². The summed E-state index contributed by atoms with van der Waals surface area (Å²) < 4.78 is 0. The summed E-state index contributed by atoms with van der Waals surface area (Å²) in [5.74, 6) is -0.327. The van der Waals surface area contributed by atoms with E-state index >= 15 is 0 Å². The fourth-order valence-electron chi connectivity index (χ4n) is 1.79. The fraction of sp³-hybridized carbons (Fsp3) is 0.0625. The van der Waals surface area contributed by atoms with Crippen LogP contribution in [0.4, 0.5) is 5.69 Å². The molecule has 1 amide bonds. The lowest BCUT2D eigenvalue weighted by Crippen LogP contribution is -2.09. The average Bonchev–Trinajstić information content (AvgIpc) is 2.48. The van der Waals surface area contributed by atoms with Gasteiger partial charge in [-0.2, -0.15) is 10.5 Å². The number of nitrogens with zero attached hydrogens (tertiary/aromatic N) is 2. The van der Waals surface area contributed by atoms with Crippen LogP contribution in [0.5, 0.6) is 0 Å². The number of carbonyl (C=O) groups excluding carboxylic acids is 1. The number of anilines is 1. The molecule has 0 aliphatic carbocycles. The van der Waals surface area contributed by atoms with E-state index in [0.717, 1.165) is 11.1 Å². The molecule has 0 saturated carbocycles. The van der Waals surface area contributed by atoms with Gasteiger partial charge < -0.3 is 5.32 Å². The highest BCUT2D eigenvalue weighted by Crippen LogP contribution is 2.22. The summed E-state index contributed by atoms with van der Waals surface area (Å²) >= 11 is 0. The molecule has 4 heteroatoms. The molecule has 0 aromatic heterocycles. The molecule has 0 aliphatic rings. The molecule has 0 fully saturated rings. The van der Waals surface area contributed by atoms with Crippen molar-refractivity contribution in [3.8, 4) is 23.3 Å². The number of amides is 1. The van der Waals surface area contributed by atoms with E-state index < -0.39 is 0 Å². The molecule has 2 aromatic carbocycles. The van der Waals surface area contributed by atoms with E-state index in [1.807, 2.05) is 30.3 Å². The summed E-state index contributed by atoms with van der Waals surface area (Å²) in [4.78, 5) is 11.3. The number of nitrogens with one attached hydrogen (secondary N) is 1. The zero-order valence-electron chi connectivity index (χ0n) is 10.6. The summed E-state index contributed by atoms with van der Waals surface area (Å²) in [6, 6.07) is 18.5. The molecule has 0 unspecified atom stereocenters. The molecule has 0 heterocycles. The number of nitriles is 2. The van der Waals surface area contributed by atoms with E-state index in [0.29, 0.717) is 11.3 Å². The van der Waals surface area contributed by atoms with Crippen LogP contribution in [-0.2, 0) is 4.79 Å². The van der Waals surface area contributed by atoms with Gasteiger partial charge in [0.05, 0.1) is 17.7 Å². The lowest BCUT2D eigenvalue weighted by molar-refractivity contribution is -0.115. The standard InChI is InChI=1S/C16H11N3O/c17-9-8-16(20)19-15-6-4-13(5-7-15)14-3-1-2-12(10-14)11-18/h1-7,10H,8H2,(H,19,20). The number of benzene rings is 2. The summed E-state index contributed by atoms with van der Waals surface area (Å²) in [6.07, 6.45) is -0.161. The minimum atomic E-state index is -0.327. The maximum atomic E-state index is 11.3. The van der Waals surface area contributed by atoms with Gasteiger partial charge in [0.15, 0.2) is 0 Å². The van der Waals surface area contributed by atoms with Crippen LogP contribution < -0.4 is 5.32 Å². The fourth-order valence-corrected chi connectivity index (χ4v) is 1.79. The van der Waals surface area contributed by atoms with E-state index in [1.54, 1.807) is 24.3 Å². The van der Waals surface area contributed by atoms with Crippen LogP contribution in [0.15, 0.2) is 48.5 Å². The molecule has 96 valence electrons. The van der Waals surface area contributed by atoms with Crippen molar-refractivity contribution in [3.05, 3.63) is 54.1 Å². The van der Waals surface area contributed by atoms with Gasteiger partial charge in [-0.25, -0.2) is 0 Å². The largest absolute Gasteiger partial charge is 0.325 e. The van der Waals surface area contributed by atoms with Crippen molar-refractivity contribution in [2.45, 2.75) is 6.42 Å². The minimum absolute atomic E-state index is 0.161. The van der Waals surface area contributed by atoms with Gasteiger partial charge in [-0.05, 0) is 35.4 Å². The van der Waals surface area contributed by atoms with E-state index in [9.17, 15) is 4.79 Å². The summed E-state index contributed by atoms with van der Waals surface area (Å²) in [6.45, 7) is 0. The third-order valence-electron chi connectivity index (χ3n) is 2.73. The highest BCUT2D eigenvalue weighted by atomic mass is 16.1. The highest BCUT2D eigenvalue weighted by molar-refractivity contribution is 5.92. The maximum Gasteiger partial charge on any atom is 0.238 e. The Kier molecular flexibility index (Phi) is 4.11. The van der Waals surface area contributed by atoms with Crippen LogP contribution in [-0.4, -0.2) is 5.91 Å². The quantitative estimate of drug-likeness (QED) is 0.922. The molecule has 0 saturated heterocycles. The molecule has 2 rings (SSSR count). The van der Waals surface area contributed by atoms with E-state index in [1.165, 1.54) is 0 Å². The third kappa shape index (κ3) is 3.22. The second-order valence-corrected chi connectivity index (χ2v) is 4.15. The van der Waals surface area contributed by atoms with Crippen molar-refractivity contribution < 1.29 is 4.79 Å². The Balaban J connectivity index is 2.18. The van der Waals surface area contributed by atoms with Crippen molar-refractivity contribution in [2.75, 3.05) is 5.32 Å². The zero-order chi connectivity index (χ0) is 14.4. The normalized spacial score (nSPS) is 9.30. The molecular formula is C16H11N3O. The van der Waals surface area contributed by atoms with Crippen molar-refractivity contribution in [2.24, 2.45) is 0 Å². The summed E-state index contributed by atoms with van der Waals surface area (Å²) in [5.41, 5.74) is 3.15. The minimum Gasteiger partial charge on any atom is -0.325 e. The first-order chi connectivity index (χ1) is 9.72. The Labute approximate surface area is 116 Å². The Morgan fingerprint density at radius 1 is 1.05 bits per heavy atom. The van der Waals surface area contributed by atoms with Crippen LogP contribution >= 0.6 is 0 Å². The zero-order valence-corrected chi connectivity index (χ0v) is 10.6. The van der Waals surface area contributed by atoms with Gasteiger partial charge >= 0.3 is 0 Å². The Bertz CT molecular complexity index is 706. The van der Waals surface area contributed by atoms with Crippen molar-refractivity contribution in [1.82, 2.24) is 0 Å². The second-order valence-electron chi connectivity index (χ2n) is 4.15. The lowest BCUT2D eigenvalue weighted by atomic mass is 10.0. The average molecular weight is 261 g/mol. The summed E-state index contributed by atoms with van der Waals surface area (Å²) in [7, 11) is 0. The molecule has 0 radical (unpaired) electrons. The molecule has 0 aliphatic heterocycles. The van der Waals surface area contributed by atoms with Gasteiger partial charge in [0.25, 0.3) is 0 Å². The molecule has 20 heavy (non-hydrogen) atoms. The van der Waals surface area contributed by atoms with E-state index in [4.69, 9.17) is 10.5 Å². The number of hydrogen-bond acceptors (Lipinski definition) is 3. The van der Waals surface area contributed by atoms with Crippen molar-refractivity contribution in [1.29, 1.82) is 10.5 Å². The SMILES string of the molecule is N#CCC(=O)Nc1ccc(-c2cccc(C#N)c2)cc1. The van der Waals surface area contributed by atoms with E-state index in [2.05, 4.69) is 11.4 Å². The molecule has 0 atom stereocenters. The van der Waals surface area contributed by atoms with Crippen LogP contribution in [0.3, 0.4) is 0 Å². The van der Waals surface area contributed by atoms with Gasteiger partial charge in [0.2, 0.25) is 5.91 Å². The molecule has 1 N–H and O–H groups in total. The van der Waals surface area contributed by atoms with Crippen LogP contribution in [0.1, 0.15) is 12.0 Å². The molecule has 2 aromatic rings. The van der Waals surface area contributed by atoms with Gasteiger partial charge in [0.1, 0.15) is 6.42 Å². The second kappa shape index (κ2) is 6.17. The van der Waals surface area contributed by atoms with Gasteiger partial charge in [0, 0.05) is 5.69 Å². The molecule has 4 nitrogen and oxygen atoms in total. The molecule has 0 bridgehead atoms. The molecule has 0 spiro atoms. The number of carbonyl (C=O) groups is 1. The maximum absolute atomic E-state index is 11.3. The van der Waals surface area contributed by atoms with Crippen molar-refractivity contribution in [3.63, 3.8) is 0 Å². The Hall–Kier alpha value is -3.11. The van der Waals surface area contributed by atoms with Crippen molar-refractivity contribution >= 4 is 11.6 Å². The third-order valence-corrected chi connectivity index (χ3v) is 2.73. The number of rotatable bonds is 3. The monoisotopic (exact) mass is 261 g/mol. The Morgan fingerprint density at radius 3 is 2.45 bits per heavy atom. The smallest absolute Gasteiger partial charge is 0.238 e. The number of hydrogen-bond donors (Lipinski definition) is 1. The predicted molar refractivity (Wildman–Crippen MR) is 75.5 cm³/mol. The first-order valence-electron chi connectivity index (χ1n) is 6.00. The summed E-state index contributed by atoms with van der Waals surface area (Å²) in [5, 5.41) is 19.9. The lowest BCUT2D eigenvalue weighted by Gasteiger charge is -2.05. The van der Waals surface area contributed by atoms with Crippen LogP contribution in [0, 0.1) is 22.7 Å². The highest BCUT2D eigenvalue weighted by Gasteiger charge is 2.02. The van der Waals surface area contributed by atoms with Gasteiger partial charge in [-0.15, -0.1) is 0 Å². The van der Waals surface area contributed by atoms with E-state index in [-0.39, 0.29) is 12.3 Å². The Morgan fingerprint density at radius 2 is 1.80 bits per heavy atom. The molecular weight excluding hydrogens is 250 g/mol. The predicted octanol–water partition coefficient (Wildman–Crippen LogP) is 3.08. The van der Waals surface area contributed by atoms with Crippen LogP contribution in [0.25, 0.3) is 11.1 Å². The van der Waals surface area contributed by atoms with Gasteiger partial charge in [-0.3, -0.25) is 4.79 Å². The first kappa shape index (κ1) is 13.3. The van der Waals surface area contributed by atoms with Crippen LogP contribution in [0.2, 0.25) is 0 Å². The van der Waals surface area contributed by atoms with Gasteiger partial charge in [-0.1, -0.05) is 24.3 Å². The first-order valence-corrected chi connectivity index (χ1v) is 6.00.